The Labute approximate surface area is 149 Å². The molecule has 0 unspecified atom stereocenters. The molecule has 122 valence electrons. The van der Waals surface area contributed by atoms with Crippen molar-refractivity contribution < 1.29 is 9.53 Å². The minimum atomic E-state index is -0.464. The molecular formula is C18H15ClN2O2S. The van der Waals surface area contributed by atoms with Gasteiger partial charge in [0.05, 0.1) is 5.69 Å². The molecule has 0 fully saturated rings. The number of rotatable bonds is 5. The van der Waals surface area contributed by atoms with E-state index >= 15 is 0 Å². The van der Waals surface area contributed by atoms with Gasteiger partial charge in [0.15, 0.2) is 0 Å². The predicted octanol–water partition coefficient (Wildman–Crippen LogP) is 4.79. The van der Waals surface area contributed by atoms with E-state index in [1.54, 1.807) is 23.5 Å². The summed E-state index contributed by atoms with van der Waals surface area (Å²) < 4.78 is 5.16. The molecule has 0 radical (unpaired) electrons. The zero-order valence-corrected chi connectivity index (χ0v) is 14.3. The number of nitrogens with one attached hydrogen (secondary N) is 1. The second kappa shape index (κ2) is 7.95. The molecule has 1 aromatic heterocycles. The molecule has 1 N–H and O–H groups in total. The minimum Gasteiger partial charge on any atom is -0.410 e. The highest BCUT2D eigenvalue weighted by Gasteiger charge is 2.07. The van der Waals surface area contributed by atoms with Crippen molar-refractivity contribution in [3.8, 4) is 16.3 Å². The Morgan fingerprint density at radius 1 is 1.12 bits per heavy atom. The first-order valence-corrected chi connectivity index (χ1v) is 8.67. The van der Waals surface area contributed by atoms with E-state index in [-0.39, 0.29) is 0 Å². The average molecular weight is 359 g/mol. The number of nitrogens with zero attached hydrogens (tertiary/aromatic N) is 1. The number of halogens is 1. The van der Waals surface area contributed by atoms with Crippen LogP contribution in [0.2, 0.25) is 5.02 Å². The molecule has 2 aromatic carbocycles. The van der Waals surface area contributed by atoms with E-state index in [2.05, 4.69) is 10.3 Å². The minimum absolute atomic E-state index is 0.464. The number of aromatic nitrogens is 1. The maximum absolute atomic E-state index is 11.7. The molecule has 0 saturated carbocycles. The van der Waals surface area contributed by atoms with Gasteiger partial charge in [-0.25, -0.2) is 9.78 Å². The highest BCUT2D eigenvalue weighted by molar-refractivity contribution is 7.13. The van der Waals surface area contributed by atoms with Crippen LogP contribution in [0.15, 0.2) is 60.0 Å². The molecule has 0 aliphatic carbocycles. The molecule has 0 bridgehead atoms. The van der Waals surface area contributed by atoms with Crippen molar-refractivity contribution in [1.82, 2.24) is 10.3 Å². The van der Waals surface area contributed by atoms with Crippen molar-refractivity contribution in [2.75, 3.05) is 6.54 Å². The smallest absolute Gasteiger partial charge is 0.410 e. The maximum Gasteiger partial charge on any atom is 0.412 e. The van der Waals surface area contributed by atoms with Gasteiger partial charge >= 0.3 is 6.09 Å². The van der Waals surface area contributed by atoms with Gasteiger partial charge in [0.25, 0.3) is 0 Å². The number of benzene rings is 2. The summed E-state index contributed by atoms with van der Waals surface area (Å²) in [6.07, 6.45) is 0.183. The Kier molecular flexibility index (Phi) is 5.46. The summed E-state index contributed by atoms with van der Waals surface area (Å²) in [4.78, 5) is 16.3. The average Bonchev–Trinajstić information content (AvgIpc) is 3.05. The molecular weight excluding hydrogens is 344 g/mol. The fraction of sp³-hybridized carbons (Fsp3) is 0.111. The number of para-hydroxylation sites is 1. The topological polar surface area (TPSA) is 51.2 Å². The lowest BCUT2D eigenvalue weighted by atomic mass is 10.2. The van der Waals surface area contributed by atoms with E-state index in [9.17, 15) is 4.79 Å². The molecule has 0 saturated heterocycles. The molecule has 1 heterocycles. The summed E-state index contributed by atoms with van der Waals surface area (Å²) in [5.41, 5.74) is 1.97. The van der Waals surface area contributed by atoms with Gasteiger partial charge in [-0.1, -0.05) is 41.9 Å². The van der Waals surface area contributed by atoms with Crippen molar-refractivity contribution >= 4 is 29.0 Å². The fourth-order valence-electron chi connectivity index (χ4n) is 2.07. The van der Waals surface area contributed by atoms with Crippen molar-refractivity contribution in [1.29, 1.82) is 0 Å². The highest BCUT2D eigenvalue weighted by Crippen LogP contribution is 2.25. The third-order valence-corrected chi connectivity index (χ3v) is 4.44. The molecule has 0 aliphatic heterocycles. The lowest BCUT2D eigenvalue weighted by Gasteiger charge is -2.05. The summed E-state index contributed by atoms with van der Waals surface area (Å²) in [6, 6.07) is 16.5. The summed E-state index contributed by atoms with van der Waals surface area (Å²) in [6.45, 7) is 0.468. The second-order valence-corrected chi connectivity index (χ2v) is 6.32. The van der Waals surface area contributed by atoms with Crippen LogP contribution in [0.1, 0.15) is 5.69 Å². The van der Waals surface area contributed by atoms with E-state index in [1.165, 1.54) is 0 Å². The van der Waals surface area contributed by atoms with E-state index in [0.29, 0.717) is 23.7 Å². The third-order valence-electron chi connectivity index (χ3n) is 3.25. The molecule has 0 spiro atoms. The molecule has 4 nitrogen and oxygen atoms in total. The van der Waals surface area contributed by atoms with E-state index in [0.717, 1.165) is 16.3 Å². The van der Waals surface area contributed by atoms with Gasteiger partial charge in [0.2, 0.25) is 0 Å². The summed E-state index contributed by atoms with van der Waals surface area (Å²) in [7, 11) is 0. The van der Waals surface area contributed by atoms with Gasteiger partial charge in [-0.15, -0.1) is 11.3 Å². The molecule has 6 heteroatoms. The van der Waals surface area contributed by atoms with Crippen molar-refractivity contribution in [2.24, 2.45) is 0 Å². The van der Waals surface area contributed by atoms with Crippen LogP contribution in [0.25, 0.3) is 10.6 Å². The molecule has 3 aromatic rings. The number of carbonyl (C=O) groups excluding carboxylic acids is 1. The number of ether oxygens (including phenoxy) is 1. The van der Waals surface area contributed by atoms with Crippen LogP contribution < -0.4 is 10.1 Å². The van der Waals surface area contributed by atoms with E-state index in [1.807, 2.05) is 47.8 Å². The second-order valence-electron chi connectivity index (χ2n) is 5.03. The van der Waals surface area contributed by atoms with Gasteiger partial charge < -0.3 is 10.1 Å². The van der Waals surface area contributed by atoms with Crippen LogP contribution in [0, 0.1) is 0 Å². The third kappa shape index (κ3) is 4.57. The number of amides is 1. The number of hydrogen-bond acceptors (Lipinski definition) is 4. The zero-order valence-electron chi connectivity index (χ0n) is 12.7. The Hall–Kier alpha value is -2.37. The number of thiazole rings is 1. The molecule has 24 heavy (non-hydrogen) atoms. The fourth-order valence-corrected chi connectivity index (χ4v) is 3.06. The first kappa shape index (κ1) is 16.5. The maximum atomic E-state index is 11.7. The normalized spacial score (nSPS) is 10.4. The standard InChI is InChI=1S/C18H15ClN2O2S/c19-14-8-6-13(7-9-14)17-21-15(12-24-17)10-11-20-18(22)23-16-4-2-1-3-5-16/h1-9,12H,10-11H2,(H,20,22). The van der Waals surface area contributed by atoms with Gasteiger partial charge in [-0.2, -0.15) is 0 Å². The predicted molar refractivity (Wildman–Crippen MR) is 96.7 cm³/mol. The summed E-state index contributed by atoms with van der Waals surface area (Å²) in [5.74, 6) is 0.522. The van der Waals surface area contributed by atoms with Crippen LogP contribution in [-0.4, -0.2) is 17.6 Å². The van der Waals surface area contributed by atoms with Crippen LogP contribution in [0.4, 0.5) is 4.79 Å². The van der Waals surface area contributed by atoms with E-state index in [4.69, 9.17) is 16.3 Å². The first-order chi connectivity index (χ1) is 11.7. The summed E-state index contributed by atoms with van der Waals surface area (Å²) >= 11 is 7.46. The van der Waals surface area contributed by atoms with Crippen molar-refractivity contribution in [2.45, 2.75) is 6.42 Å². The first-order valence-electron chi connectivity index (χ1n) is 7.42. The number of carbonyl (C=O) groups is 1. The Morgan fingerprint density at radius 2 is 1.88 bits per heavy atom. The Bertz CT molecular complexity index is 803. The van der Waals surface area contributed by atoms with Gasteiger partial charge in [0, 0.05) is 28.9 Å². The number of hydrogen-bond donors (Lipinski definition) is 1. The molecule has 0 aliphatic rings. The lowest BCUT2D eigenvalue weighted by Crippen LogP contribution is -2.28. The van der Waals surface area contributed by atoms with Crippen LogP contribution in [-0.2, 0) is 6.42 Å². The SMILES string of the molecule is O=C(NCCc1csc(-c2ccc(Cl)cc2)n1)Oc1ccccc1. The molecule has 3 rings (SSSR count). The Morgan fingerprint density at radius 3 is 2.62 bits per heavy atom. The van der Waals surface area contributed by atoms with Crippen LogP contribution in [0.3, 0.4) is 0 Å². The highest BCUT2D eigenvalue weighted by atomic mass is 35.5. The van der Waals surface area contributed by atoms with Crippen molar-refractivity contribution in [3.63, 3.8) is 0 Å². The zero-order chi connectivity index (χ0) is 16.8. The van der Waals surface area contributed by atoms with Gasteiger partial charge in [0.1, 0.15) is 10.8 Å². The van der Waals surface area contributed by atoms with Crippen LogP contribution >= 0.6 is 22.9 Å². The monoisotopic (exact) mass is 358 g/mol. The van der Waals surface area contributed by atoms with Gasteiger partial charge in [-0.3, -0.25) is 0 Å². The van der Waals surface area contributed by atoms with E-state index < -0.39 is 6.09 Å². The summed E-state index contributed by atoms with van der Waals surface area (Å²) in [5, 5.41) is 6.36. The molecule has 1 amide bonds. The van der Waals surface area contributed by atoms with Crippen molar-refractivity contribution in [3.05, 3.63) is 70.7 Å². The van der Waals surface area contributed by atoms with Crippen LogP contribution in [0.5, 0.6) is 5.75 Å². The lowest BCUT2D eigenvalue weighted by molar-refractivity contribution is 0.200. The Balaban J connectivity index is 1.49. The molecule has 0 atom stereocenters. The van der Waals surface area contributed by atoms with Gasteiger partial charge in [-0.05, 0) is 24.3 Å². The largest absolute Gasteiger partial charge is 0.412 e. The quantitative estimate of drug-likeness (QED) is 0.713.